The fourth-order valence-corrected chi connectivity index (χ4v) is 6.43. The van der Waals surface area contributed by atoms with Crippen molar-refractivity contribution in [1.82, 2.24) is 0 Å². The molecule has 3 rings (SSSR count). The van der Waals surface area contributed by atoms with Crippen LogP contribution < -0.4 is 4.90 Å². The Labute approximate surface area is 123 Å². The second kappa shape index (κ2) is 4.64. The van der Waals surface area contributed by atoms with E-state index >= 15 is 0 Å². The van der Waals surface area contributed by atoms with Gasteiger partial charge in [-0.05, 0) is 18.2 Å². The van der Waals surface area contributed by atoms with E-state index in [0.29, 0.717) is 0 Å². The zero-order valence-electron chi connectivity index (χ0n) is 10.6. The highest BCUT2D eigenvalue weighted by molar-refractivity contribution is 8.15. The zero-order chi connectivity index (χ0) is 15.4. The largest absolute Gasteiger partial charge is 0.416 e. The standard InChI is InChI=1S/C12H11F3N2O2S2/c13-12(14,15)7-2-1-3-8(4-7)17-9-5-21(18,19)6-10(9)20-11(17)16/h1-4,9-10,16H,5-6H2/t9-,10+/m0/s1. The fourth-order valence-electron chi connectivity index (χ4n) is 2.64. The van der Waals surface area contributed by atoms with E-state index in [9.17, 15) is 21.6 Å². The lowest BCUT2D eigenvalue weighted by Gasteiger charge is -2.24. The number of hydrogen-bond donors (Lipinski definition) is 1. The third-order valence-electron chi connectivity index (χ3n) is 3.54. The quantitative estimate of drug-likeness (QED) is 0.855. The van der Waals surface area contributed by atoms with Gasteiger partial charge >= 0.3 is 6.18 Å². The van der Waals surface area contributed by atoms with Gasteiger partial charge in [0.05, 0.1) is 23.1 Å². The number of nitrogens with zero attached hydrogens (tertiary/aromatic N) is 1. The van der Waals surface area contributed by atoms with Crippen molar-refractivity contribution in [3.8, 4) is 0 Å². The predicted molar refractivity (Wildman–Crippen MR) is 75.5 cm³/mol. The van der Waals surface area contributed by atoms with Crippen LogP contribution in [-0.4, -0.2) is 36.4 Å². The molecule has 9 heteroatoms. The van der Waals surface area contributed by atoms with Crippen molar-refractivity contribution < 1.29 is 21.6 Å². The van der Waals surface area contributed by atoms with Gasteiger partial charge in [-0.15, -0.1) is 0 Å². The van der Waals surface area contributed by atoms with Crippen molar-refractivity contribution in [1.29, 1.82) is 5.41 Å². The topological polar surface area (TPSA) is 61.2 Å². The van der Waals surface area contributed by atoms with Gasteiger partial charge in [-0.1, -0.05) is 17.8 Å². The number of amidine groups is 1. The second-order valence-electron chi connectivity index (χ2n) is 5.02. The highest BCUT2D eigenvalue weighted by atomic mass is 32.2. The van der Waals surface area contributed by atoms with Crippen LogP contribution in [0.4, 0.5) is 18.9 Å². The van der Waals surface area contributed by atoms with Gasteiger partial charge in [-0.2, -0.15) is 13.2 Å². The van der Waals surface area contributed by atoms with Gasteiger partial charge < -0.3 is 4.90 Å². The summed E-state index contributed by atoms with van der Waals surface area (Å²) in [5, 5.41) is 7.73. The van der Waals surface area contributed by atoms with Crippen LogP contribution in [0.2, 0.25) is 0 Å². The van der Waals surface area contributed by atoms with Crippen LogP contribution >= 0.6 is 11.8 Å². The molecule has 0 radical (unpaired) electrons. The van der Waals surface area contributed by atoms with Gasteiger partial charge in [0.1, 0.15) is 0 Å². The minimum absolute atomic E-state index is 0.0276. The first-order valence-electron chi connectivity index (χ1n) is 6.09. The lowest BCUT2D eigenvalue weighted by atomic mass is 10.1. The van der Waals surface area contributed by atoms with E-state index in [1.54, 1.807) is 0 Å². The minimum Gasteiger partial charge on any atom is -0.316 e. The highest BCUT2D eigenvalue weighted by Gasteiger charge is 2.48. The molecule has 0 bridgehead atoms. The SMILES string of the molecule is N=C1S[C@@H]2CS(=O)(=O)C[C@@H]2N1c1cccc(C(F)(F)F)c1. The molecule has 114 valence electrons. The summed E-state index contributed by atoms with van der Waals surface area (Å²) in [5.41, 5.74) is -0.589. The number of rotatable bonds is 1. The van der Waals surface area contributed by atoms with Crippen molar-refractivity contribution in [2.75, 3.05) is 16.4 Å². The van der Waals surface area contributed by atoms with Crippen LogP contribution in [0.5, 0.6) is 0 Å². The van der Waals surface area contributed by atoms with Gasteiger partial charge in [-0.3, -0.25) is 5.41 Å². The number of anilines is 1. The first kappa shape index (κ1) is 14.7. The monoisotopic (exact) mass is 336 g/mol. The molecule has 1 N–H and O–H groups in total. The Hall–Kier alpha value is -1.22. The minimum atomic E-state index is -4.47. The third kappa shape index (κ3) is 2.64. The molecule has 2 aliphatic heterocycles. The summed E-state index contributed by atoms with van der Waals surface area (Å²) in [4.78, 5) is 1.40. The number of benzene rings is 1. The molecule has 2 aliphatic rings. The van der Waals surface area contributed by atoms with Gasteiger partial charge in [0.2, 0.25) is 0 Å². The van der Waals surface area contributed by atoms with Crippen LogP contribution in [0, 0.1) is 5.41 Å². The summed E-state index contributed by atoms with van der Waals surface area (Å²) in [6.07, 6.45) is -4.47. The number of hydrogen-bond acceptors (Lipinski definition) is 4. The van der Waals surface area contributed by atoms with Crippen molar-refractivity contribution in [2.45, 2.75) is 17.5 Å². The molecule has 1 aromatic carbocycles. The molecule has 0 saturated carbocycles. The summed E-state index contributed by atoms with van der Waals surface area (Å²) < 4.78 is 61.6. The molecule has 0 spiro atoms. The number of nitrogens with one attached hydrogen (secondary N) is 1. The van der Waals surface area contributed by atoms with E-state index < -0.39 is 27.6 Å². The van der Waals surface area contributed by atoms with E-state index in [2.05, 4.69) is 0 Å². The van der Waals surface area contributed by atoms with Crippen molar-refractivity contribution in [2.24, 2.45) is 0 Å². The first-order chi connectivity index (χ1) is 9.67. The van der Waals surface area contributed by atoms with Crippen molar-refractivity contribution in [3.05, 3.63) is 29.8 Å². The molecule has 0 unspecified atom stereocenters. The van der Waals surface area contributed by atoms with Crippen LogP contribution in [0.1, 0.15) is 5.56 Å². The smallest absolute Gasteiger partial charge is 0.316 e. The normalized spacial score (nSPS) is 28.0. The van der Waals surface area contributed by atoms with E-state index in [0.717, 1.165) is 23.9 Å². The number of halogens is 3. The number of sulfone groups is 1. The Morgan fingerprint density at radius 3 is 2.67 bits per heavy atom. The van der Waals surface area contributed by atoms with Crippen LogP contribution in [-0.2, 0) is 16.0 Å². The highest BCUT2D eigenvalue weighted by Crippen LogP contribution is 2.41. The maximum atomic E-state index is 12.8. The molecular formula is C12H11F3N2O2S2. The summed E-state index contributed by atoms with van der Waals surface area (Å²) in [5.74, 6) is -0.149. The summed E-state index contributed by atoms with van der Waals surface area (Å²) in [6, 6.07) is 4.20. The number of alkyl halides is 3. The Morgan fingerprint density at radius 2 is 2.00 bits per heavy atom. The third-order valence-corrected chi connectivity index (χ3v) is 6.67. The second-order valence-corrected chi connectivity index (χ2v) is 8.41. The van der Waals surface area contributed by atoms with Crippen molar-refractivity contribution >= 4 is 32.5 Å². The molecular weight excluding hydrogens is 325 g/mol. The molecule has 0 amide bonds. The summed E-state index contributed by atoms with van der Waals surface area (Å²) >= 11 is 1.10. The van der Waals surface area contributed by atoms with Crippen molar-refractivity contribution in [3.63, 3.8) is 0 Å². The average molecular weight is 336 g/mol. The predicted octanol–water partition coefficient (Wildman–Crippen LogP) is 2.36. The Morgan fingerprint density at radius 1 is 1.29 bits per heavy atom. The Kier molecular flexibility index (Phi) is 3.25. The molecule has 21 heavy (non-hydrogen) atoms. The fraction of sp³-hybridized carbons (Fsp3) is 0.417. The van der Waals surface area contributed by atoms with Gasteiger partial charge in [-0.25, -0.2) is 8.42 Å². The maximum Gasteiger partial charge on any atom is 0.416 e. The molecule has 4 nitrogen and oxygen atoms in total. The Balaban J connectivity index is 1.98. The van der Waals surface area contributed by atoms with E-state index in [-0.39, 0.29) is 27.6 Å². The molecule has 0 aliphatic carbocycles. The average Bonchev–Trinajstić information content (AvgIpc) is 2.78. The van der Waals surface area contributed by atoms with Gasteiger partial charge in [0, 0.05) is 10.9 Å². The molecule has 2 atom stereocenters. The molecule has 0 aromatic heterocycles. The Bertz CT molecular complexity index is 703. The molecule has 2 saturated heterocycles. The zero-order valence-corrected chi connectivity index (χ0v) is 12.2. The van der Waals surface area contributed by atoms with E-state index in [1.165, 1.54) is 17.0 Å². The lowest BCUT2D eigenvalue weighted by Crippen LogP contribution is -2.37. The van der Waals surface area contributed by atoms with Gasteiger partial charge in [0.15, 0.2) is 15.0 Å². The molecule has 1 aromatic rings. The lowest BCUT2D eigenvalue weighted by molar-refractivity contribution is -0.137. The summed E-state index contributed by atoms with van der Waals surface area (Å²) in [6.45, 7) is 0. The molecule has 2 heterocycles. The summed E-state index contributed by atoms with van der Waals surface area (Å²) in [7, 11) is -3.19. The first-order valence-corrected chi connectivity index (χ1v) is 8.80. The van der Waals surface area contributed by atoms with Gasteiger partial charge in [0.25, 0.3) is 0 Å². The maximum absolute atomic E-state index is 12.8. The van der Waals surface area contributed by atoms with E-state index in [4.69, 9.17) is 5.41 Å². The number of fused-ring (bicyclic) bond motifs is 1. The van der Waals surface area contributed by atoms with Crippen LogP contribution in [0.15, 0.2) is 24.3 Å². The van der Waals surface area contributed by atoms with Crippen LogP contribution in [0.25, 0.3) is 0 Å². The van der Waals surface area contributed by atoms with E-state index in [1.807, 2.05) is 0 Å². The molecule has 2 fully saturated rings. The number of thioether (sulfide) groups is 1. The van der Waals surface area contributed by atoms with Crippen LogP contribution in [0.3, 0.4) is 0 Å².